The fourth-order valence-corrected chi connectivity index (χ4v) is 3.99. The SMILES string of the molecule is CS(=O)(=O)Nc1cccc(C2N=C(C3CC3)NC2c2ccnc(NCCN)n2)c1F. The summed E-state index contributed by atoms with van der Waals surface area (Å²) >= 11 is 0. The minimum Gasteiger partial charge on any atom is -0.363 e. The number of benzene rings is 1. The zero-order chi connectivity index (χ0) is 21.3. The molecular weight excluding hydrogens is 409 g/mol. The summed E-state index contributed by atoms with van der Waals surface area (Å²) in [6.45, 7) is 0.973. The van der Waals surface area contributed by atoms with Gasteiger partial charge in [0.05, 0.1) is 23.7 Å². The van der Waals surface area contributed by atoms with Crippen molar-refractivity contribution in [1.82, 2.24) is 15.3 Å². The van der Waals surface area contributed by atoms with Crippen LogP contribution in [0.25, 0.3) is 0 Å². The van der Waals surface area contributed by atoms with E-state index in [1.54, 1.807) is 24.4 Å². The van der Waals surface area contributed by atoms with Crippen LogP contribution in [0.15, 0.2) is 35.5 Å². The number of rotatable bonds is 8. The highest BCUT2D eigenvalue weighted by atomic mass is 32.2. The minimum atomic E-state index is -3.61. The Kier molecular flexibility index (Phi) is 5.56. The Labute approximate surface area is 174 Å². The van der Waals surface area contributed by atoms with Crippen molar-refractivity contribution in [3.63, 3.8) is 0 Å². The van der Waals surface area contributed by atoms with Gasteiger partial charge in [-0.3, -0.25) is 9.71 Å². The predicted molar refractivity (Wildman–Crippen MR) is 113 cm³/mol. The van der Waals surface area contributed by atoms with Gasteiger partial charge in [-0.1, -0.05) is 12.1 Å². The smallest absolute Gasteiger partial charge is 0.229 e. The van der Waals surface area contributed by atoms with Crippen LogP contribution in [0.2, 0.25) is 0 Å². The second-order valence-corrected chi connectivity index (χ2v) is 9.21. The second kappa shape index (κ2) is 8.15. The molecule has 2 aliphatic rings. The maximum absolute atomic E-state index is 15.3. The summed E-state index contributed by atoms with van der Waals surface area (Å²) < 4.78 is 40.7. The summed E-state index contributed by atoms with van der Waals surface area (Å²) in [5, 5.41) is 6.44. The lowest BCUT2D eigenvalue weighted by Gasteiger charge is -2.20. The molecule has 0 spiro atoms. The van der Waals surface area contributed by atoms with E-state index in [1.807, 2.05) is 0 Å². The van der Waals surface area contributed by atoms with Gasteiger partial charge in [0.2, 0.25) is 16.0 Å². The van der Waals surface area contributed by atoms with Crippen molar-refractivity contribution in [3.8, 4) is 0 Å². The standard InChI is InChI=1S/C19H24FN7O2S/c1-30(28,29)27-13-4-2-3-12(15(13)20)16-17(26-18(25-16)11-5-6-11)14-7-9-22-19(24-14)23-10-8-21/h2-4,7,9,11,16-17,27H,5-6,8,10,21H2,1H3,(H,25,26)(H,22,23,24). The third-order valence-corrected chi connectivity index (χ3v) is 5.52. The molecule has 2 atom stereocenters. The largest absolute Gasteiger partial charge is 0.363 e. The lowest BCUT2D eigenvalue weighted by Crippen LogP contribution is -2.27. The van der Waals surface area contributed by atoms with Gasteiger partial charge in [0.15, 0.2) is 5.82 Å². The Morgan fingerprint density at radius 3 is 2.80 bits per heavy atom. The van der Waals surface area contributed by atoms with Crippen molar-refractivity contribution in [2.45, 2.75) is 24.9 Å². The van der Waals surface area contributed by atoms with Gasteiger partial charge in [0.1, 0.15) is 11.9 Å². The molecule has 0 amide bonds. The first kappa shape index (κ1) is 20.5. The zero-order valence-electron chi connectivity index (χ0n) is 16.5. The minimum absolute atomic E-state index is 0.100. The van der Waals surface area contributed by atoms with Crippen LogP contribution in [-0.2, 0) is 10.0 Å². The van der Waals surface area contributed by atoms with Crippen LogP contribution >= 0.6 is 0 Å². The van der Waals surface area contributed by atoms with Crippen LogP contribution in [0.1, 0.15) is 36.2 Å². The molecule has 11 heteroatoms. The van der Waals surface area contributed by atoms with Crippen LogP contribution in [0.5, 0.6) is 0 Å². The highest BCUT2D eigenvalue weighted by Gasteiger charge is 2.40. The van der Waals surface area contributed by atoms with E-state index in [0.29, 0.717) is 36.2 Å². The number of halogens is 1. The van der Waals surface area contributed by atoms with Gasteiger partial charge in [0.25, 0.3) is 0 Å². The van der Waals surface area contributed by atoms with Crippen LogP contribution < -0.4 is 21.1 Å². The number of sulfonamides is 1. The summed E-state index contributed by atoms with van der Waals surface area (Å²) in [4.78, 5) is 13.5. The van der Waals surface area contributed by atoms with E-state index < -0.39 is 27.9 Å². The van der Waals surface area contributed by atoms with Gasteiger partial charge in [0, 0.05) is 30.8 Å². The van der Waals surface area contributed by atoms with Crippen molar-refractivity contribution in [3.05, 3.63) is 47.5 Å². The van der Waals surface area contributed by atoms with Crippen LogP contribution in [0, 0.1) is 11.7 Å². The third-order valence-electron chi connectivity index (χ3n) is 4.93. The number of hydrogen-bond acceptors (Lipinski definition) is 8. The number of nitrogens with two attached hydrogens (primary N) is 1. The fraction of sp³-hybridized carbons (Fsp3) is 0.421. The lowest BCUT2D eigenvalue weighted by atomic mass is 9.97. The summed E-state index contributed by atoms with van der Waals surface area (Å²) in [6.07, 6.45) is 4.69. The molecule has 30 heavy (non-hydrogen) atoms. The lowest BCUT2D eigenvalue weighted by molar-refractivity contribution is 0.520. The molecule has 4 rings (SSSR count). The Morgan fingerprint density at radius 1 is 1.30 bits per heavy atom. The number of aromatic nitrogens is 2. The molecule has 1 aromatic carbocycles. The summed E-state index contributed by atoms with van der Waals surface area (Å²) in [5.41, 5.74) is 6.39. The molecule has 9 nitrogen and oxygen atoms in total. The Balaban J connectivity index is 1.70. The molecular formula is C19H24FN7O2S. The van der Waals surface area contributed by atoms with Gasteiger partial charge in [-0.2, -0.15) is 0 Å². The maximum atomic E-state index is 15.3. The quantitative estimate of drug-likeness (QED) is 0.496. The Morgan fingerprint density at radius 2 is 2.10 bits per heavy atom. The third kappa shape index (κ3) is 4.51. The van der Waals surface area contributed by atoms with E-state index in [4.69, 9.17) is 10.7 Å². The first-order chi connectivity index (χ1) is 14.4. The predicted octanol–water partition coefficient (Wildman–Crippen LogP) is 1.55. The molecule has 1 aliphatic heterocycles. The monoisotopic (exact) mass is 433 g/mol. The Hall–Kier alpha value is -2.79. The number of anilines is 2. The van der Waals surface area contributed by atoms with Gasteiger partial charge in [-0.25, -0.2) is 22.8 Å². The molecule has 1 aliphatic carbocycles. The molecule has 0 saturated heterocycles. The first-order valence-electron chi connectivity index (χ1n) is 9.73. The highest BCUT2D eigenvalue weighted by Crippen LogP contribution is 2.42. The number of amidine groups is 1. The maximum Gasteiger partial charge on any atom is 0.229 e. The van der Waals surface area contributed by atoms with E-state index in [0.717, 1.165) is 24.9 Å². The van der Waals surface area contributed by atoms with Crippen molar-refractivity contribution in [2.24, 2.45) is 16.6 Å². The number of nitrogens with one attached hydrogen (secondary N) is 3. The van der Waals surface area contributed by atoms with Crippen molar-refractivity contribution >= 4 is 27.5 Å². The molecule has 2 unspecified atom stereocenters. The average molecular weight is 434 g/mol. The Bertz CT molecular complexity index is 1070. The zero-order valence-corrected chi connectivity index (χ0v) is 17.3. The van der Waals surface area contributed by atoms with Gasteiger partial charge >= 0.3 is 0 Å². The van der Waals surface area contributed by atoms with Crippen LogP contribution in [0.4, 0.5) is 16.0 Å². The van der Waals surface area contributed by atoms with Gasteiger partial charge < -0.3 is 16.4 Å². The number of nitrogens with zero attached hydrogens (tertiary/aromatic N) is 3. The molecule has 5 N–H and O–H groups in total. The summed E-state index contributed by atoms with van der Waals surface area (Å²) in [7, 11) is -3.61. The van der Waals surface area contributed by atoms with Gasteiger partial charge in [-0.05, 0) is 25.0 Å². The molecule has 0 radical (unpaired) electrons. The van der Waals surface area contributed by atoms with E-state index in [2.05, 4.69) is 25.3 Å². The number of aliphatic imine (C=N–C) groups is 1. The molecule has 2 heterocycles. The molecule has 160 valence electrons. The molecule has 2 aromatic rings. The molecule has 1 saturated carbocycles. The van der Waals surface area contributed by atoms with Crippen molar-refractivity contribution in [1.29, 1.82) is 0 Å². The van der Waals surface area contributed by atoms with E-state index >= 15 is 4.39 Å². The first-order valence-corrected chi connectivity index (χ1v) is 11.6. The molecule has 0 bridgehead atoms. The van der Waals surface area contributed by atoms with Crippen LogP contribution in [-0.4, -0.2) is 43.6 Å². The summed E-state index contributed by atoms with van der Waals surface area (Å²) in [6, 6.07) is 5.41. The second-order valence-electron chi connectivity index (χ2n) is 7.46. The highest BCUT2D eigenvalue weighted by molar-refractivity contribution is 7.92. The molecule has 1 aromatic heterocycles. The van der Waals surface area contributed by atoms with Gasteiger partial charge in [-0.15, -0.1) is 0 Å². The van der Waals surface area contributed by atoms with E-state index in [-0.39, 0.29) is 5.69 Å². The fourth-order valence-electron chi connectivity index (χ4n) is 3.44. The molecule has 1 fully saturated rings. The number of hydrogen-bond donors (Lipinski definition) is 4. The normalized spacial score (nSPS) is 21.1. The van der Waals surface area contributed by atoms with E-state index in [1.165, 1.54) is 6.07 Å². The van der Waals surface area contributed by atoms with E-state index in [9.17, 15) is 8.42 Å². The average Bonchev–Trinajstić information content (AvgIpc) is 3.46. The topological polar surface area (TPSA) is 134 Å². The summed E-state index contributed by atoms with van der Waals surface area (Å²) in [5.74, 6) is 0.970. The van der Waals surface area contributed by atoms with Crippen LogP contribution in [0.3, 0.4) is 0 Å². The van der Waals surface area contributed by atoms with Crippen molar-refractivity contribution in [2.75, 3.05) is 29.4 Å². The van der Waals surface area contributed by atoms with Crippen molar-refractivity contribution < 1.29 is 12.8 Å².